The van der Waals surface area contributed by atoms with Crippen molar-refractivity contribution in [3.05, 3.63) is 41.5 Å². The first-order chi connectivity index (χ1) is 7.71. The zero-order chi connectivity index (χ0) is 11.2. The number of ketones is 1. The van der Waals surface area contributed by atoms with Gasteiger partial charge in [0.1, 0.15) is 0 Å². The van der Waals surface area contributed by atoms with Gasteiger partial charge in [-0.05, 0) is 11.6 Å². The SMILES string of the molecule is O=C1CCC2(C=Cc3ccccc3C2=O)O1. The molecule has 1 aromatic carbocycles. The predicted octanol–water partition coefficient (Wildman–Crippen LogP) is 1.97. The van der Waals surface area contributed by atoms with E-state index in [4.69, 9.17) is 4.74 Å². The van der Waals surface area contributed by atoms with Gasteiger partial charge in [0.2, 0.25) is 5.78 Å². The van der Waals surface area contributed by atoms with Gasteiger partial charge >= 0.3 is 5.97 Å². The molecule has 3 rings (SSSR count). The Morgan fingerprint density at radius 1 is 1.19 bits per heavy atom. The molecule has 1 aliphatic carbocycles. The summed E-state index contributed by atoms with van der Waals surface area (Å²) in [7, 11) is 0. The van der Waals surface area contributed by atoms with Crippen molar-refractivity contribution in [3.8, 4) is 0 Å². The van der Waals surface area contributed by atoms with Crippen LogP contribution < -0.4 is 0 Å². The quantitative estimate of drug-likeness (QED) is 0.620. The van der Waals surface area contributed by atoms with Crippen LogP contribution in [-0.4, -0.2) is 17.4 Å². The minimum Gasteiger partial charge on any atom is -0.446 e. The normalized spacial score (nSPS) is 27.0. The summed E-state index contributed by atoms with van der Waals surface area (Å²) in [6.07, 6.45) is 4.34. The van der Waals surface area contributed by atoms with E-state index >= 15 is 0 Å². The molecule has 1 aliphatic heterocycles. The van der Waals surface area contributed by atoms with Gasteiger partial charge in [-0.15, -0.1) is 0 Å². The lowest BCUT2D eigenvalue weighted by atomic mass is 9.83. The molecule has 3 nitrogen and oxygen atoms in total. The smallest absolute Gasteiger partial charge is 0.307 e. The minimum atomic E-state index is -1.02. The summed E-state index contributed by atoms with van der Waals surface area (Å²) >= 11 is 0. The van der Waals surface area contributed by atoms with E-state index in [1.807, 2.05) is 24.3 Å². The Balaban J connectivity index is 2.11. The fourth-order valence-electron chi connectivity index (χ4n) is 2.25. The van der Waals surface area contributed by atoms with Crippen molar-refractivity contribution in [2.24, 2.45) is 0 Å². The number of hydrogen-bond acceptors (Lipinski definition) is 3. The first-order valence-corrected chi connectivity index (χ1v) is 5.26. The summed E-state index contributed by atoms with van der Waals surface area (Å²) < 4.78 is 5.18. The standard InChI is InChI=1S/C13H10O3/c14-11-6-8-13(16-11)7-5-9-3-1-2-4-10(9)12(13)15/h1-5,7H,6,8H2. The lowest BCUT2D eigenvalue weighted by molar-refractivity contribution is -0.143. The van der Waals surface area contributed by atoms with Crippen LogP contribution in [0.3, 0.4) is 0 Å². The largest absolute Gasteiger partial charge is 0.446 e. The van der Waals surface area contributed by atoms with E-state index < -0.39 is 5.60 Å². The second-order valence-electron chi connectivity index (χ2n) is 4.11. The molecule has 80 valence electrons. The third kappa shape index (κ3) is 1.14. The zero-order valence-electron chi connectivity index (χ0n) is 8.60. The molecule has 1 fully saturated rings. The van der Waals surface area contributed by atoms with Gasteiger partial charge in [-0.3, -0.25) is 9.59 Å². The number of carbonyl (C=O) groups excluding carboxylic acids is 2. The highest BCUT2D eigenvalue weighted by Gasteiger charge is 2.47. The van der Waals surface area contributed by atoms with Crippen LogP contribution in [0, 0.1) is 0 Å². The van der Waals surface area contributed by atoms with Gasteiger partial charge < -0.3 is 4.74 Å². The van der Waals surface area contributed by atoms with Gasteiger partial charge in [0.05, 0.1) is 6.42 Å². The molecule has 0 amide bonds. The van der Waals surface area contributed by atoms with Crippen molar-refractivity contribution in [2.45, 2.75) is 18.4 Å². The number of rotatable bonds is 0. The fraction of sp³-hybridized carbons (Fsp3) is 0.231. The molecule has 1 atom stereocenters. The lowest BCUT2D eigenvalue weighted by Crippen LogP contribution is -2.38. The number of benzene rings is 1. The fourth-order valence-corrected chi connectivity index (χ4v) is 2.25. The molecule has 1 unspecified atom stereocenters. The number of hydrogen-bond donors (Lipinski definition) is 0. The Labute approximate surface area is 92.7 Å². The van der Waals surface area contributed by atoms with Crippen LogP contribution in [0.2, 0.25) is 0 Å². The maximum Gasteiger partial charge on any atom is 0.307 e. The zero-order valence-corrected chi connectivity index (χ0v) is 8.60. The maximum absolute atomic E-state index is 12.3. The van der Waals surface area contributed by atoms with Gasteiger partial charge in [0, 0.05) is 12.0 Å². The van der Waals surface area contributed by atoms with Crippen LogP contribution in [0.15, 0.2) is 30.3 Å². The van der Waals surface area contributed by atoms with Gasteiger partial charge in [0.15, 0.2) is 5.60 Å². The molecular formula is C13H10O3. The number of carbonyl (C=O) groups is 2. The Morgan fingerprint density at radius 3 is 2.75 bits per heavy atom. The monoisotopic (exact) mass is 214 g/mol. The first kappa shape index (κ1) is 9.33. The Morgan fingerprint density at radius 2 is 2.00 bits per heavy atom. The van der Waals surface area contributed by atoms with Gasteiger partial charge in [0.25, 0.3) is 0 Å². The van der Waals surface area contributed by atoms with Crippen molar-refractivity contribution in [1.29, 1.82) is 0 Å². The molecular weight excluding hydrogens is 204 g/mol. The molecule has 3 heteroatoms. The van der Waals surface area contributed by atoms with Crippen molar-refractivity contribution in [2.75, 3.05) is 0 Å². The molecule has 0 bridgehead atoms. The molecule has 2 aliphatic rings. The molecule has 1 aromatic rings. The van der Waals surface area contributed by atoms with Crippen LogP contribution in [0.4, 0.5) is 0 Å². The molecule has 0 N–H and O–H groups in total. The predicted molar refractivity (Wildman–Crippen MR) is 57.9 cm³/mol. The molecule has 1 saturated heterocycles. The number of fused-ring (bicyclic) bond motifs is 1. The van der Waals surface area contributed by atoms with E-state index in [9.17, 15) is 9.59 Å². The number of esters is 1. The van der Waals surface area contributed by atoms with E-state index in [1.54, 1.807) is 12.1 Å². The molecule has 1 spiro atoms. The second-order valence-corrected chi connectivity index (χ2v) is 4.11. The first-order valence-electron chi connectivity index (χ1n) is 5.26. The molecule has 1 heterocycles. The molecule has 0 radical (unpaired) electrons. The van der Waals surface area contributed by atoms with Crippen LogP contribution in [0.25, 0.3) is 6.08 Å². The third-order valence-corrected chi connectivity index (χ3v) is 3.12. The van der Waals surface area contributed by atoms with E-state index in [0.717, 1.165) is 5.56 Å². The highest BCUT2D eigenvalue weighted by molar-refractivity contribution is 6.10. The van der Waals surface area contributed by atoms with Crippen molar-refractivity contribution in [3.63, 3.8) is 0 Å². The number of ether oxygens (including phenoxy) is 1. The van der Waals surface area contributed by atoms with Gasteiger partial charge in [-0.25, -0.2) is 0 Å². The highest BCUT2D eigenvalue weighted by atomic mass is 16.6. The van der Waals surface area contributed by atoms with Crippen molar-refractivity contribution in [1.82, 2.24) is 0 Å². The average Bonchev–Trinajstić information content (AvgIpc) is 2.68. The van der Waals surface area contributed by atoms with Gasteiger partial charge in [-0.1, -0.05) is 30.3 Å². The summed E-state index contributed by atoms with van der Waals surface area (Å²) in [6, 6.07) is 7.36. The Hall–Kier alpha value is -1.90. The number of Topliss-reactive ketones (excluding diaryl/α,β-unsaturated/α-hetero) is 1. The molecule has 0 aromatic heterocycles. The van der Waals surface area contributed by atoms with Crippen LogP contribution >= 0.6 is 0 Å². The van der Waals surface area contributed by atoms with E-state index in [-0.39, 0.29) is 11.8 Å². The topological polar surface area (TPSA) is 43.4 Å². The highest BCUT2D eigenvalue weighted by Crippen LogP contribution is 2.36. The van der Waals surface area contributed by atoms with E-state index in [2.05, 4.69) is 0 Å². The third-order valence-electron chi connectivity index (χ3n) is 3.12. The van der Waals surface area contributed by atoms with Gasteiger partial charge in [-0.2, -0.15) is 0 Å². The Kier molecular flexibility index (Phi) is 1.78. The van der Waals surface area contributed by atoms with Crippen molar-refractivity contribution >= 4 is 17.8 Å². The molecule has 0 saturated carbocycles. The average molecular weight is 214 g/mol. The van der Waals surface area contributed by atoms with Crippen LogP contribution in [0.1, 0.15) is 28.8 Å². The van der Waals surface area contributed by atoms with Crippen LogP contribution in [-0.2, 0) is 9.53 Å². The van der Waals surface area contributed by atoms with E-state index in [0.29, 0.717) is 18.4 Å². The van der Waals surface area contributed by atoms with Crippen molar-refractivity contribution < 1.29 is 14.3 Å². The molecule has 16 heavy (non-hydrogen) atoms. The second kappa shape index (κ2) is 3.04. The van der Waals surface area contributed by atoms with Crippen LogP contribution in [0.5, 0.6) is 0 Å². The minimum absolute atomic E-state index is 0.101. The summed E-state index contributed by atoms with van der Waals surface area (Å²) in [5.74, 6) is -0.395. The summed E-state index contributed by atoms with van der Waals surface area (Å²) in [6.45, 7) is 0. The Bertz CT molecular complexity index is 516. The lowest BCUT2D eigenvalue weighted by Gasteiger charge is -2.26. The van der Waals surface area contributed by atoms with E-state index in [1.165, 1.54) is 0 Å². The summed E-state index contributed by atoms with van der Waals surface area (Å²) in [4.78, 5) is 23.4. The maximum atomic E-state index is 12.3. The summed E-state index contributed by atoms with van der Waals surface area (Å²) in [5, 5.41) is 0. The summed E-state index contributed by atoms with van der Waals surface area (Å²) in [5.41, 5.74) is 0.506.